The standard InChI is InChI=1S/C15H15F3O/c16-15(17,18)13-8-4-5-11(9-13)10-14(19)12-6-2-1-3-7-12/h4-6,8-9H,1-3,7,10H2. The molecular formula is C15H15F3O. The molecule has 0 unspecified atom stereocenters. The first-order valence-corrected chi connectivity index (χ1v) is 6.35. The van der Waals surface area contributed by atoms with E-state index in [1.165, 1.54) is 6.07 Å². The number of carbonyl (C=O) groups excluding carboxylic acids is 1. The molecule has 0 aromatic heterocycles. The molecule has 4 heteroatoms. The van der Waals surface area contributed by atoms with E-state index in [-0.39, 0.29) is 12.2 Å². The highest BCUT2D eigenvalue weighted by Crippen LogP contribution is 2.30. The molecule has 1 nitrogen and oxygen atoms in total. The topological polar surface area (TPSA) is 17.1 Å². The largest absolute Gasteiger partial charge is 0.416 e. The van der Waals surface area contributed by atoms with Gasteiger partial charge < -0.3 is 0 Å². The van der Waals surface area contributed by atoms with E-state index in [1.54, 1.807) is 6.07 Å². The number of hydrogen-bond acceptors (Lipinski definition) is 1. The zero-order valence-corrected chi connectivity index (χ0v) is 10.5. The summed E-state index contributed by atoms with van der Waals surface area (Å²) in [5.41, 5.74) is 0.491. The van der Waals surface area contributed by atoms with Crippen LogP contribution in [0.1, 0.15) is 36.8 Å². The highest BCUT2D eigenvalue weighted by molar-refractivity contribution is 5.96. The van der Waals surface area contributed by atoms with E-state index < -0.39 is 11.7 Å². The summed E-state index contributed by atoms with van der Waals surface area (Å²) >= 11 is 0. The molecule has 1 aromatic rings. The van der Waals surface area contributed by atoms with Crippen molar-refractivity contribution in [3.8, 4) is 0 Å². The van der Waals surface area contributed by atoms with Crippen LogP contribution in [0.15, 0.2) is 35.9 Å². The third-order valence-electron chi connectivity index (χ3n) is 3.27. The number of halogens is 3. The van der Waals surface area contributed by atoms with Crippen LogP contribution >= 0.6 is 0 Å². The predicted molar refractivity (Wildman–Crippen MR) is 66.7 cm³/mol. The van der Waals surface area contributed by atoms with E-state index >= 15 is 0 Å². The van der Waals surface area contributed by atoms with Crippen molar-refractivity contribution in [2.24, 2.45) is 0 Å². The SMILES string of the molecule is O=C(Cc1cccc(C(F)(F)F)c1)C1=CCCCC1. The smallest absolute Gasteiger partial charge is 0.294 e. The van der Waals surface area contributed by atoms with Gasteiger partial charge in [0.1, 0.15) is 0 Å². The van der Waals surface area contributed by atoms with Gasteiger partial charge in [-0.25, -0.2) is 0 Å². The van der Waals surface area contributed by atoms with E-state index in [4.69, 9.17) is 0 Å². The Labute approximate surface area is 110 Å². The molecule has 102 valence electrons. The summed E-state index contributed by atoms with van der Waals surface area (Å²) in [4.78, 5) is 12.0. The van der Waals surface area contributed by atoms with E-state index in [9.17, 15) is 18.0 Å². The molecule has 19 heavy (non-hydrogen) atoms. The number of ketones is 1. The van der Waals surface area contributed by atoms with Crippen LogP contribution in [0.4, 0.5) is 13.2 Å². The van der Waals surface area contributed by atoms with Gasteiger partial charge in [-0.2, -0.15) is 13.2 Å². The van der Waals surface area contributed by atoms with E-state index in [2.05, 4.69) is 0 Å². The molecule has 1 aromatic carbocycles. The van der Waals surface area contributed by atoms with Crippen molar-refractivity contribution in [2.75, 3.05) is 0 Å². The molecule has 0 bridgehead atoms. The number of hydrogen-bond donors (Lipinski definition) is 0. The van der Waals surface area contributed by atoms with Crippen molar-refractivity contribution in [1.82, 2.24) is 0 Å². The molecule has 0 saturated heterocycles. The molecule has 0 heterocycles. The van der Waals surface area contributed by atoms with E-state index in [0.717, 1.165) is 43.4 Å². The van der Waals surface area contributed by atoms with Crippen molar-refractivity contribution < 1.29 is 18.0 Å². The first-order valence-electron chi connectivity index (χ1n) is 6.35. The summed E-state index contributed by atoms with van der Waals surface area (Å²) < 4.78 is 37.7. The number of rotatable bonds is 3. The Morgan fingerprint density at radius 1 is 1.21 bits per heavy atom. The Morgan fingerprint density at radius 3 is 2.63 bits per heavy atom. The van der Waals surface area contributed by atoms with Crippen LogP contribution < -0.4 is 0 Å². The van der Waals surface area contributed by atoms with Gasteiger partial charge in [0.15, 0.2) is 5.78 Å². The molecule has 1 aliphatic carbocycles. The minimum Gasteiger partial charge on any atom is -0.294 e. The van der Waals surface area contributed by atoms with Gasteiger partial charge in [0.05, 0.1) is 5.56 Å². The lowest BCUT2D eigenvalue weighted by Crippen LogP contribution is -2.10. The zero-order valence-electron chi connectivity index (χ0n) is 10.5. The number of benzene rings is 1. The Morgan fingerprint density at radius 2 is 2.00 bits per heavy atom. The van der Waals surface area contributed by atoms with Crippen LogP contribution in [0.25, 0.3) is 0 Å². The van der Waals surface area contributed by atoms with Crippen molar-refractivity contribution in [1.29, 1.82) is 0 Å². The van der Waals surface area contributed by atoms with Crippen LogP contribution in [0.3, 0.4) is 0 Å². The van der Waals surface area contributed by atoms with Crippen LogP contribution in [0, 0.1) is 0 Å². The third-order valence-corrected chi connectivity index (χ3v) is 3.27. The second-order valence-electron chi connectivity index (χ2n) is 4.77. The van der Waals surface area contributed by atoms with Gasteiger partial charge in [-0.05, 0) is 42.9 Å². The summed E-state index contributed by atoms with van der Waals surface area (Å²) in [6.07, 6.45) is 1.32. The van der Waals surface area contributed by atoms with Gasteiger partial charge in [0, 0.05) is 6.42 Å². The molecule has 0 amide bonds. The third kappa shape index (κ3) is 3.69. The fourth-order valence-electron chi connectivity index (χ4n) is 2.25. The number of alkyl halides is 3. The number of allylic oxidation sites excluding steroid dienone is 2. The summed E-state index contributed by atoms with van der Waals surface area (Å²) in [6.45, 7) is 0. The Hall–Kier alpha value is -1.58. The fourth-order valence-corrected chi connectivity index (χ4v) is 2.25. The molecule has 0 fully saturated rings. The fraction of sp³-hybridized carbons (Fsp3) is 0.400. The summed E-state index contributed by atoms with van der Waals surface area (Å²) in [6, 6.07) is 4.99. The molecule has 0 radical (unpaired) electrons. The first-order chi connectivity index (χ1) is 8.97. The van der Waals surface area contributed by atoms with Crippen molar-refractivity contribution in [2.45, 2.75) is 38.3 Å². The quantitative estimate of drug-likeness (QED) is 0.798. The highest BCUT2D eigenvalue weighted by atomic mass is 19.4. The first kappa shape index (κ1) is 13.8. The van der Waals surface area contributed by atoms with E-state index in [0.29, 0.717) is 5.56 Å². The van der Waals surface area contributed by atoms with Crippen molar-refractivity contribution >= 4 is 5.78 Å². The second-order valence-corrected chi connectivity index (χ2v) is 4.77. The number of carbonyl (C=O) groups is 1. The second kappa shape index (κ2) is 5.59. The Balaban J connectivity index is 2.11. The molecule has 0 saturated carbocycles. The van der Waals surface area contributed by atoms with Crippen LogP contribution in [0.2, 0.25) is 0 Å². The maximum Gasteiger partial charge on any atom is 0.416 e. The van der Waals surface area contributed by atoms with Crippen molar-refractivity contribution in [3.05, 3.63) is 47.0 Å². The van der Waals surface area contributed by atoms with Gasteiger partial charge in [-0.15, -0.1) is 0 Å². The lowest BCUT2D eigenvalue weighted by Gasteiger charge is -2.12. The molecule has 0 spiro atoms. The van der Waals surface area contributed by atoms with Crippen LogP contribution in [-0.4, -0.2) is 5.78 Å². The number of Topliss-reactive ketones (excluding diaryl/α,β-unsaturated/α-hetero) is 1. The highest BCUT2D eigenvalue weighted by Gasteiger charge is 2.30. The van der Waals surface area contributed by atoms with Crippen molar-refractivity contribution in [3.63, 3.8) is 0 Å². The molecule has 0 N–H and O–H groups in total. The van der Waals surface area contributed by atoms with Crippen LogP contribution in [0.5, 0.6) is 0 Å². The summed E-state index contributed by atoms with van der Waals surface area (Å²) in [5, 5.41) is 0. The predicted octanol–water partition coefficient (Wildman–Crippen LogP) is 4.32. The molecule has 0 atom stereocenters. The lowest BCUT2D eigenvalue weighted by atomic mass is 9.93. The minimum atomic E-state index is -4.36. The Kier molecular flexibility index (Phi) is 4.08. The maximum absolute atomic E-state index is 12.6. The molecule has 0 aliphatic heterocycles. The Bertz CT molecular complexity index is 500. The monoisotopic (exact) mass is 268 g/mol. The molecule has 2 rings (SSSR count). The summed E-state index contributed by atoms with van der Waals surface area (Å²) in [7, 11) is 0. The van der Waals surface area contributed by atoms with Gasteiger partial charge >= 0.3 is 6.18 Å². The molecule has 1 aliphatic rings. The zero-order chi connectivity index (χ0) is 13.9. The summed E-state index contributed by atoms with van der Waals surface area (Å²) in [5.74, 6) is -0.0565. The molecular weight excluding hydrogens is 253 g/mol. The van der Waals surface area contributed by atoms with Gasteiger partial charge in [0.25, 0.3) is 0 Å². The van der Waals surface area contributed by atoms with Gasteiger partial charge in [-0.1, -0.05) is 24.3 Å². The normalized spacial score (nSPS) is 16.1. The lowest BCUT2D eigenvalue weighted by molar-refractivity contribution is -0.137. The van der Waals surface area contributed by atoms with Gasteiger partial charge in [-0.3, -0.25) is 4.79 Å². The maximum atomic E-state index is 12.6. The van der Waals surface area contributed by atoms with E-state index in [1.807, 2.05) is 6.08 Å². The average molecular weight is 268 g/mol. The van der Waals surface area contributed by atoms with Gasteiger partial charge in [0.2, 0.25) is 0 Å². The van der Waals surface area contributed by atoms with Crippen LogP contribution in [-0.2, 0) is 17.4 Å². The minimum absolute atomic E-state index is 0.0513. The average Bonchev–Trinajstić information content (AvgIpc) is 2.39.